The zero-order valence-corrected chi connectivity index (χ0v) is 14.9. The van der Waals surface area contributed by atoms with E-state index in [1.54, 1.807) is 0 Å². The predicted octanol–water partition coefficient (Wildman–Crippen LogP) is 3.20. The maximum atomic E-state index is 12.9. The van der Waals surface area contributed by atoms with E-state index in [1.807, 2.05) is 47.0 Å². The number of nitrogens with zero attached hydrogens (tertiary/aromatic N) is 4. The molecule has 0 unspecified atom stereocenters. The molecule has 1 fully saturated rings. The standard InChI is InChI=1S/C19H20N4OS/c1-15-17(25-19(20-15)23-9-5-6-10-23)18(24)22-13-11-21(12-14-22)16-7-3-2-4-8-16/h2-10H,11-14H2,1H3. The second kappa shape index (κ2) is 6.72. The van der Waals surface area contributed by atoms with E-state index in [-0.39, 0.29) is 5.91 Å². The number of hydrogen-bond acceptors (Lipinski definition) is 4. The molecular weight excluding hydrogens is 332 g/mol. The summed E-state index contributed by atoms with van der Waals surface area (Å²) in [5, 5.41) is 0.841. The highest BCUT2D eigenvalue weighted by molar-refractivity contribution is 7.16. The van der Waals surface area contributed by atoms with Gasteiger partial charge in [-0.15, -0.1) is 0 Å². The zero-order valence-electron chi connectivity index (χ0n) is 14.1. The monoisotopic (exact) mass is 352 g/mol. The summed E-state index contributed by atoms with van der Waals surface area (Å²) in [5.74, 6) is 0.0983. The Morgan fingerprint density at radius 3 is 2.36 bits per heavy atom. The molecule has 0 atom stereocenters. The lowest BCUT2D eigenvalue weighted by Gasteiger charge is -2.36. The summed E-state index contributed by atoms with van der Waals surface area (Å²) in [7, 11) is 0. The number of hydrogen-bond donors (Lipinski definition) is 0. The lowest BCUT2D eigenvalue weighted by atomic mass is 10.2. The molecule has 1 aromatic carbocycles. The van der Waals surface area contributed by atoms with E-state index in [2.05, 4.69) is 34.1 Å². The van der Waals surface area contributed by atoms with Gasteiger partial charge in [-0.3, -0.25) is 4.79 Å². The van der Waals surface area contributed by atoms with Crippen molar-refractivity contribution in [2.45, 2.75) is 6.92 Å². The Bertz CT molecular complexity index is 849. The number of piperazine rings is 1. The van der Waals surface area contributed by atoms with Crippen molar-refractivity contribution >= 4 is 22.9 Å². The molecule has 0 aliphatic carbocycles. The van der Waals surface area contributed by atoms with Crippen molar-refractivity contribution in [3.8, 4) is 5.13 Å². The highest BCUT2D eigenvalue weighted by Crippen LogP contribution is 2.24. The second-order valence-corrected chi connectivity index (χ2v) is 7.09. The number of thiazole rings is 1. The first-order valence-corrected chi connectivity index (χ1v) is 9.24. The molecule has 25 heavy (non-hydrogen) atoms. The quantitative estimate of drug-likeness (QED) is 0.727. The van der Waals surface area contributed by atoms with Crippen LogP contribution in [0.2, 0.25) is 0 Å². The molecule has 1 aliphatic heterocycles. The number of aromatic nitrogens is 2. The van der Waals surface area contributed by atoms with Crippen LogP contribution < -0.4 is 4.90 Å². The molecule has 1 amide bonds. The SMILES string of the molecule is Cc1nc(-n2cccc2)sc1C(=O)N1CCN(c2ccccc2)CC1. The summed E-state index contributed by atoms with van der Waals surface area (Å²) in [5.41, 5.74) is 2.03. The lowest BCUT2D eigenvalue weighted by molar-refractivity contribution is 0.0750. The predicted molar refractivity (Wildman–Crippen MR) is 101 cm³/mol. The van der Waals surface area contributed by atoms with Gasteiger partial charge >= 0.3 is 0 Å². The maximum absolute atomic E-state index is 12.9. The smallest absolute Gasteiger partial charge is 0.266 e. The Hall–Kier alpha value is -2.60. The van der Waals surface area contributed by atoms with Crippen LogP contribution in [-0.4, -0.2) is 46.5 Å². The van der Waals surface area contributed by atoms with Gasteiger partial charge in [0.2, 0.25) is 0 Å². The minimum absolute atomic E-state index is 0.0983. The van der Waals surface area contributed by atoms with Gasteiger partial charge < -0.3 is 14.4 Å². The fraction of sp³-hybridized carbons (Fsp3) is 0.263. The Labute approximate surface area is 151 Å². The van der Waals surface area contributed by atoms with E-state index in [0.29, 0.717) is 0 Å². The lowest BCUT2D eigenvalue weighted by Crippen LogP contribution is -2.48. The highest BCUT2D eigenvalue weighted by Gasteiger charge is 2.25. The molecule has 1 saturated heterocycles. The highest BCUT2D eigenvalue weighted by atomic mass is 32.1. The largest absolute Gasteiger partial charge is 0.368 e. The molecule has 3 aromatic rings. The van der Waals surface area contributed by atoms with Gasteiger partial charge in [0.05, 0.1) is 5.69 Å². The third-order valence-corrected chi connectivity index (χ3v) is 5.65. The molecular formula is C19H20N4OS. The van der Waals surface area contributed by atoms with Gasteiger partial charge in [0, 0.05) is 44.3 Å². The number of rotatable bonds is 3. The Kier molecular flexibility index (Phi) is 4.28. The average Bonchev–Trinajstić information content (AvgIpc) is 3.32. The van der Waals surface area contributed by atoms with Crippen molar-refractivity contribution in [3.63, 3.8) is 0 Å². The van der Waals surface area contributed by atoms with Crippen molar-refractivity contribution in [1.29, 1.82) is 0 Å². The minimum atomic E-state index is 0.0983. The van der Waals surface area contributed by atoms with Crippen LogP contribution in [0.15, 0.2) is 54.9 Å². The third kappa shape index (κ3) is 3.17. The molecule has 3 heterocycles. The van der Waals surface area contributed by atoms with Gasteiger partial charge in [0.15, 0.2) is 5.13 Å². The van der Waals surface area contributed by atoms with Crippen LogP contribution in [0.1, 0.15) is 15.4 Å². The Morgan fingerprint density at radius 1 is 1.00 bits per heavy atom. The fourth-order valence-corrected chi connectivity index (χ4v) is 4.11. The van der Waals surface area contributed by atoms with Crippen molar-refractivity contribution in [1.82, 2.24) is 14.5 Å². The minimum Gasteiger partial charge on any atom is -0.368 e. The normalized spacial score (nSPS) is 14.8. The van der Waals surface area contributed by atoms with E-state index in [9.17, 15) is 4.79 Å². The zero-order chi connectivity index (χ0) is 17.2. The first kappa shape index (κ1) is 15.9. The summed E-state index contributed by atoms with van der Waals surface area (Å²) in [6.07, 6.45) is 3.90. The molecule has 4 rings (SSSR count). The number of carbonyl (C=O) groups is 1. The second-order valence-electron chi connectivity index (χ2n) is 6.12. The Morgan fingerprint density at radius 2 is 1.68 bits per heavy atom. The molecule has 6 heteroatoms. The van der Waals surface area contributed by atoms with E-state index in [0.717, 1.165) is 41.9 Å². The van der Waals surface area contributed by atoms with Crippen molar-refractivity contribution in [2.75, 3.05) is 31.1 Å². The molecule has 128 valence electrons. The molecule has 0 spiro atoms. The molecule has 0 saturated carbocycles. The molecule has 5 nitrogen and oxygen atoms in total. The Balaban J connectivity index is 1.46. The third-order valence-electron chi connectivity index (χ3n) is 4.49. The average molecular weight is 352 g/mol. The van der Waals surface area contributed by atoms with Crippen molar-refractivity contribution < 1.29 is 4.79 Å². The van der Waals surface area contributed by atoms with Gasteiger partial charge in [-0.05, 0) is 31.2 Å². The summed E-state index contributed by atoms with van der Waals surface area (Å²) in [4.78, 5) is 22.5. The molecule has 0 bridgehead atoms. The summed E-state index contributed by atoms with van der Waals surface area (Å²) in [6, 6.07) is 14.3. The van der Waals surface area contributed by atoms with Crippen LogP contribution in [0.25, 0.3) is 5.13 Å². The van der Waals surface area contributed by atoms with Crippen LogP contribution >= 0.6 is 11.3 Å². The van der Waals surface area contributed by atoms with Crippen LogP contribution in [-0.2, 0) is 0 Å². The summed E-state index contributed by atoms with van der Waals surface area (Å²) >= 11 is 1.46. The van der Waals surface area contributed by atoms with Crippen LogP contribution in [0.5, 0.6) is 0 Å². The van der Waals surface area contributed by atoms with E-state index >= 15 is 0 Å². The van der Waals surface area contributed by atoms with Gasteiger partial charge in [-0.25, -0.2) is 4.98 Å². The first-order chi connectivity index (χ1) is 12.2. The molecule has 1 aliphatic rings. The number of anilines is 1. The van der Waals surface area contributed by atoms with E-state index in [1.165, 1.54) is 17.0 Å². The number of para-hydroxylation sites is 1. The molecule has 2 aromatic heterocycles. The number of benzene rings is 1. The van der Waals surface area contributed by atoms with Crippen LogP contribution in [0.4, 0.5) is 5.69 Å². The maximum Gasteiger partial charge on any atom is 0.266 e. The van der Waals surface area contributed by atoms with Gasteiger partial charge in [0.25, 0.3) is 5.91 Å². The van der Waals surface area contributed by atoms with Crippen LogP contribution in [0, 0.1) is 6.92 Å². The molecule has 0 radical (unpaired) electrons. The fourth-order valence-electron chi connectivity index (χ4n) is 3.10. The number of amides is 1. The summed E-state index contributed by atoms with van der Waals surface area (Å²) in [6.45, 7) is 5.11. The van der Waals surface area contributed by atoms with Crippen molar-refractivity contribution in [3.05, 3.63) is 65.4 Å². The van der Waals surface area contributed by atoms with E-state index < -0.39 is 0 Å². The summed E-state index contributed by atoms with van der Waals surface area (Å²) < 4.78 is 1.95. The topological polar surface area (TPSA) is 41.4 Å². The number of carbonyl (C=O) groups excluding carboxylic acids is 1. The molecule has 0 N–H and O–H groups in total. The van der Waals surface area contributed by atoms with Crippen LogP contribution in [0.3, 0.4) is 0 Å². The van der Waals surface area contributed by atoms with Gasteiger partial charge in [-0.2, -0.15) is 0 Å². The van der Waals surface area contributed by atoms with Gasteiger partial charge in [0.1, 0.15) is 4.88 Å². The number of aryl methyl sites for hydroxylation is 1. The van der Waals surface area contributed by atoms with Gasteiger partial charge in [-0.1, -0.05) is 29.5 Å². The van der Waals surface area contributed by atoms with E-state index in [4.69, 9.17) is 0 Å². The first-order valence-electron chi connectivity index (χ1n) is 8.42. The van der Waals surface area contributed by atoms with Crippen molar-refractivity contribution in [2.24, 2.45) is 0 Å².